The van der Waals surface area contributed by atoms with Gasteiger partial charge in [0.25, 0.3) is 0 Å². The first-order valence-electron chi connectivity index (χ1n) is 9.11. The summed E-state index contributed by atoms with van der Waals surface area (Å²) in [6.45, 7) is 8.20. The van der Waals surface area contributed by atoms with E-state index >= 15 is 0 Å². The molecule has 0 bridgehead atoms. The van der Waals surface area contributed by atoms with Gasteiger partial charge in [-0.3, -0.25) is 4.40 Å². The number of hydrogen-bond acceptors (Lipinski definition) is 5. The predicted molar refractivity (Wildman–Crippen MR) is 105 cm³/mol. The fourth-order valence-electron chi connectivity index (χ4n) is 3.13. The van der Waals surface area contributed by atoms with Crippen molar-refractivity contribution in [3.05, 3.63) is 54.0 Å². The molecule has 7 heteroatoms. The van der Waals surface area contributed by atoms with Crippen molar-refractivity contribution in [3.63, 3.8) is 0 Å². The zero-order valence-corrected chi connectivity index (χ0v) is 16.4. The van der Waals surface area contributed by atoms with Crippen LogP contribution in [0.1, 0.15) is 39.1 Å². The summed E-state index contributed by atoms with van der Waals surface area (Å²) in [5, 5.41) is 8.69. The van der Waals surface area contributed by atoms with Crippen molar-refractivity contribution in [1.82, 2.24) is 14.6 Å². The topological polar surface area (TPSA) is 57.9 Å². The lowest BCUT2D eigenvalue weighted by atomic mass is 9.80. The Hall–Kier alpha value is -2.38. The van der Waals surface area contributed by atoms with E-state index in [2.05, 4.69) is 37.9 Å². The molecule has 27 heavy (non-hydrogen) atoms. The third-order valence-electron chi connectivity index (χ3n) is 5.55. The molecule has 0 amide bonds. The second kappa shape index (κ2) is 6.35. The van der Waals surface area contributed by atoms with E-state index in [1.54, 1.807) is 7.11 Å². The Labute approximate surface area is 159 Å². The summed E-state index contributed by atoms with van der Waals surface area (Å²) in [7, 11) is 1.26. The average molecular weight is 365 g/mol. The standard InChI is InChI=1S/C20H24BN3O3/c1-19(2)20(3,4)27-21(26-19)15-10-11-24-17(22-23-18(24)13-15)12-14-6-8-16(25-5)9-7-14/h6-11,13H,12H2,1-5H3. The highest BCUT2D eigenvalue weighted by atomic mass is 16.7. The van der Waals surface area contributed by atoms with Gasteiger partial charge in [0.2, 0.25) is 0 Å². The van der Waals surface area contributed by atoms with E-state index < -0.39 is 7.12 Å². The lowest BCUT2D eigenvalue weighted by Crippen LogP contribution is -2.41. The van der Waals surface area contributed by atoms with E-state index in [0.717, 1.165) is 28.2 Å². The first kappa shape index (κ1) is 18.0. The van der Waals surface area contributed by atoms with Crippen molar-refractivity contribution in [2.24, 2.45) is 0 Å². The molecule has 140 valence electrons. The second-order valence-corrected chi connectivity index (χ2v) is 7.92. The lowest BCUT2D eigenvalue weighted by molar-refractivity contribution is 0.00578. The van der Waals surface area contributed by atoms with Crippen molar-refractivity contribution >= 4 is 18.2 Å². The van der Waals surface area contributed by atoms with Crippen LogP contribution < -0.4 is 10.2 Å². The van der Waals surface area contributed by atoms with Gasteiger partial charge in [0, 0.05) is 12.6 Å². The van der Waals surface area contributed by atoms with Gasteiger partial charge in [-0.05, 0) is 63.0 Å². The van der Waals surface area contributed by atoms with Crippen LogP contribution in [0.2, 0.25) is 0 Å². The van der Waals surface area contributed by atoms with E-state index in [4.69, 9.17) is 14.0 Å². The fourth-order valence-corrected chi connectivity index (χ4v) is 3.13. The van der Waals surface area contributed by atoms with Gasteiger partial charge in [0.05, 0.1) is 18.3 Å². The molecule has 0 saturated carbocycles. The highest BCUT2D eigenvalue weighted by Gasteiger charge is 2.51. The van der Waals surface area contributed by atoms with Crippen molar-refractivity contribution in [1.29, 1.82) is 0 Å². The van der Waals surface area contributed by atoms with E-state index in [1.165, 1.54) is 0 Å². The van der Waals surface area contributed by atoms with Gasteiger partial charge < -0.3 is 14.0 Å². The number of benzene rings is 1. The maximum absolute atomic E-state index is 6.13. The Morgan fingerprint density at radius 3 is 2.30 bits per heavy atom. The minimum atomic E-state index is -0.401. The van der Waals surface area contributed by atoms with E-state index in [9.17, 15) is 0 Å². The van der Waals surface area contributed by atoms with Crippen LogP contribution in [-0.2, 0) is 15.7 Å². The van der Waals surface area contributed by atoms with Crippen molar-refractivity contribution in [2.75, 3.05) is 7.11 Å². The number of methoxy groups -OCH3 is 1. The molecule has 4 rings (SSSR count). The first-order valence-corrected chi connectivity index (χ1v) is 9.11. The molecular formula is C20H24BN3O3. The smallest absolute Gasteiger partial charge is 0.495 e. The van der Waals surface area contributed by atoms with E-state index in [1.807, 2.05) is 47.0 Å². The Kier molecular flexibility index (Phi) is 4.24. The summed E-state index contributed by atoms with van der Waals surface area (Å²) in [6.07, 6.45) is 2.68. The Balaban J connectivity index is 1.58. The predicted octanol–water partition coefficient (Wildman–Crippen LogP) is 2.63. The molecule has 0 atom stereocenters. The molecule has 1 aliphatic heterocycles. The Bertz CT molecular complexity index is 950. The van der Waals surface area contributed by atoms with Crippen LogP contribution in [0.4, 0.5) is 0 Å². The van der Waals surface area contributed by atoms with Gasteiger partial charge in [0.1, 0.15) is 11.6 Å². The summed E-state index contributed by atoms with van der Waals surface area (Å²) in [6, 6.07) is 12.0. The number of aromatic nitrogens is 3. The summed E-state index contributed by atoms with van der Waals surface area (Å²) >= 11 is 0. The monoisotopic (exact) mass is 365 g/mol. The molecule has 0 radical (unpaired) electrons. The molecule has 0 spiro atoms. The molecular weight excluding hydrogens is 341 g/mol. The molecule has 6 nitrogen and oxygen atoms in total. The van der Waals surface area contributed by atoms with Crippen LogP contribution >= 0.6 is 0 Å². The average Bonchev–Trinajstić information content (AvgIpc) is 3.12. The molecule has 0 aliphatic carbocycles. The summed E-state index contributed by atoms with van der Waals surface area (Å²) in [4.78, 5) is 0. The Morgan fingerprint density at radius 1 is 1.00 bits per heavy atom. The van der Waals surface area contributed by atoms with Crippen LogP contribution in [0.3, 0.4) is 0 Å². The number of nitrogens with zero attached hydrogens (tertiary/aromatic N) is 3. The third-order valence-corrected chi connectivity index (χ3v) is 5.55. The van der Waals surface area contributed by atoms with Gasteiger partial charge in [-0.2, -0.15) is 0 Å². The van der Waals surface area contributed by atoms with Crippen LogP contribution in [0.15, 0.2) is 42.6 Å². The van der Waals surface area contributed by atoms with Crippen LogP contribution in [0.5, 0.6) is 5.75 Å². The summed E-state index contributed by atoms with van der Waals surface area (Å²) < 4.78 is 19.5. The molecule has 0 unspecified atom stereocenters. The SMILES string of the molecule is COc1ccc(Cc2nnc3cc(B4OC(C)(C)C(C)(C)O4)ccn23)cc1. The maximum Gasteiger partial charge on any atom is 0.495 e. The fraction of sp³-hybridized carbons (Fsp3) is 0.400. The van der Waals surface area contributed by atoms with Gasteiger partial charge in [-0.25, -0.2) is 0 Å². The van der Waals surface area contributed by atoms with Gasteiger partial charge in [0.15, 0.2) is 5.65 Å². The normalized spacial score (nSPS) is 18.2. The number of hydrogen-bond donors (Lipinski definition) is 0. The number of pyridine rings is 1. The number of ether oxygens (including phenoxy) is 1. The van der Waals surface area contributed by atoms with E-state index in [0.29, 0.717) is 6.42 Å². The summed E-state index contributed by atoms with van der Waals surface area (Å²) in [5.74, 6) is 1.73. The highest BCUT2D eigenvalue weighted by Crippen LogP contribution is 2.36. The molecule has 2 aromatic heterocycles. The number of fused-ring (bicyclic) bond motifs is 1. The molecule has 1 aromatic carbocycles. The van der Waals surface area contributed by atoms with Crippen LogP contribution in [-0.4, -0.2) is 40.0 Å². The van der Waals surface area contributed by atoms with Crippen LogP contribution in [0, 0.1) is 0 Å². The Morgan fingerprint density at radius 2 is 1.67 bits per heavy atom. The molecule has 3 heterocycles. The molecule has 1 aliphatic rings. The van der Waals surface area contributed by atoms with E-state index in [-0.39, 0.29) is 11.2 Å². The molecule has 1 fully saturated rings. The number of rotatable bonds is 4. The van der Waals surface area contributed by atoms with Crippen molar-refractivity contribution in [2.45, 2.75) is 45.3 Å². The second-order valence-electron chi connectivity index (χ2n) is 7.92. The van der Waals surface area contributed by atoms with Gasteiger partial charge in [-0.1, -0.05) is 12.1 Å². The maximum atomic E-state index is 6.13. The quantitative estimate of drug-likeness (QED) is 0.666. The molecule has 1 saturated heterocycles. The molecule has 0 N–H and O–H groups in total. The minimum absolute atomic E-state index is 0.364. The minimum Gasteiger partial charge on any atom is -0.497 e. The van der Waals surface area contributed by atoms with Crippen molar-refractivity contribution in [3.8, 4) is 5.75 Å². The first-order chi connectivity index (χ1) is 12.8. The zero-order valence-electron chi connectivity index (χ0n) is 16.4. The van der Waals surface area contributed by atoms with Crippen molar-refractivity contribution < 1.29 is 14.0 Å². The lowest BCUT2D eigenvalue weighted by Gasteiger charge is -2.32. The largest absolute Gasteiger partial charge is 0.497 e. The van der Waals surface area contributed by atoms with Gasteiger partial charge >= 0.3 is 7.12 Å². The van der Waals surface area contributed by atoms with Crippen LogP contribution in [0.25, 0.3) is 5.65 Å². The summed E-state index contributed by atoms with van der Waals surface area (Å²) in [5.41, 5.74) is 2.16. The zero-order chi connectivity index (χ0) is 19.2. The van der Waals surface area contributed by atoms with Gasteiger partial charge in [-0.15, -0.1) is 10.2 Å². The third kappa shape index (κ3) is 3.21. The molecule has 3 aromatic rings. The highest BCUT2D eigenvalue weighted by molar-refractivity contribution is 6.62.